The molecular formula is C31H45FN4O10. The number of ketones is 1. The smallest absolute Gasteiger partial charge is 0.408 e. The van der Waals surface area contributed by atoms with Gasteiger partial charge in [-0.15, -0.1) is 0 Å². The van der Waals surface area contributed by atoms with E-state index in [1.54, 1.807) is 52.0 Å². The van der Waals surface area contributed by atoms with Crippen LogP contribution in [-0.2, 0) is 49.6 Å². The highest BCUT2D eigenvalue weighted by Crippen LogP contribution is 2.12. The monoisotopic (exact) mass is 652 g/mol. The number of nitrogens with one attached hydrogen (secondary N) is 4. The van der Waals surface area contributed by atoms with E-state index >= 15 is 0 Å². The first kappa shape index (κ1) is 39.5. The van der Waals surface area contributed by atoms with Crippen molar-refractivity contribution in [2.45, 2.75) is 84.2 Å². The fourth-order valence-electron chi connectivity index (χ4n) is 4.13. The average molecular weight is 653 g/mol. The molecule has 0 fully saturated rings. The molecule has 0 spiro atoms. The van der Waals surface area contributed by atoms with Gasteiger partial charge in [0.25, 0.3) is 0 Å². The molecule has 4 N–H and O–H groups in total. The van der Waals surface area contributed by atoms with Crippen molar-refractivity contribution in [2.75, 3.05) is 20.9 Å². The van der Waals surface area contributed by atoms with Crippen LogP contribution in [0.4, 0.5) is 9.18 Å². The number of amides is 4. The topological polar surface area (TPSA) is 195 Å². The molecule has 0 heterocycles. The molecule has 0 radical (unpaired) electrons. The molecule has 1 rings (SSSR count). The minimum Gasteiger partial charge on any atom is -0.469 e. The van der Waals surface area contributed by atoms with E-state index in [9.17, 15) is 38.0 Å². The van der Waals surface area contributed by atoms with Crippen LogP contribution >= 0.6 is 0 Å². The number of Topliss-reactive ketones (excluding diaryl/α,β-unsaturated/α-hetero) is 1. The highest BCUT2D eigenvalue weighted by molar-refractivity contribution is 5.97. The highest BCUT2D eigenvalue weighted by Gasteiger charge is 2.35. The van der Waals surface area contributed by atoms with E-state index in [-0.39, 0.29) is 19.4 Å². The number of alkyl halides is 1. The summed E-state index contributed by atoms with van der Waals surface area (Å²) in [6.45, 7) is 5.21. The second-order valence-corrected chi connectivity index (χ2v) is 10.9. The molecule has 0 aliphatic carbocycles. The van der Waals surface area contributed by atoms with Crippen molar-refractivity contribution in [1.29, 1.82) is 0 Å². The third-order valence-electron chi connectivity index (χ3n) is 7.16. The Hall–Kier alpha value is -4.56. The van der Waals surface area contributed by atoms with Gasteiger partial charge in [0.2, 0.25) is 17.7 Å². The molecule has 0 aliphatic rings. The highest BCUT2D eigenvalue weighted by atomic mass is 19.1. The Morgan fingerprint density at radius 3 is 1.89 bits per heavy atom. The van der Waals surface area contributed by atoms with Crippen molar-refractivity contribution >= 4 is 41.5 Å². The molecule has 4 amide bonds. The predicted octanol–water partition coefficient (Wildman–Crippen LogP) is 1.49. The third-order valence-corrected chi connectivity index (χ3v) is 7.16. The minimum absolute atomic E-state index is 0.0419. The van der Waals surface area contributed by atoms with Crippen molar-refractivity contribution in [3.05, 3.63) is 35.9 Å². The SMILES string of the molecule is CCC(C)C(NC(=O)C(CCC(=O)OC)NC(=O)C(NC(=O)OCc1ccccc1)C(C)C)C(=O)NC(CC(=O)OC)C(=O)CF. The molecule has 256 valence electrons. The largest absolute Gasteiger partial charge is 0.469 e. The number of hydrogen-bond donors (Lipinski definition) is 4. The maximum atomic E-state index is 13.5. The number of carbonyl (C=O) groups is 7. The Morgan fingerprint density at radius 1 is 0.761 bits per heavy atom. The van der Waals surface area contributed by atoms with Gasteiger partial charge in [0.1, 0.15) is 37.4 Å². The lowest BCUT2D eigenvalue weighted by molar-refractivity contribution is -0.144. The van der Waals surface area contributed by atoms with Crippen molar-refractivity contribution in [3.63, 3.8) is 0 Å². The summed E-state index contributed by atoms with van der Waals surface area (Å²) < 4.78 is 27.6. The van der Waals surface area contributed by atoms with E-state index in [4.69, 9.17) is 4.74 Å². The van der Waals surface area contributed by atoms with Crippen LogP contribution in [0, 0.1) is 11.8 Å². The Bertz CT molecular complexity index is 1200. The fourth-order valence-corrected chi connectivity index (χ4v) is 4.13. The van der Waals surface area contributed by atoms with Crippen LogP contribution in [0.3, 0.4) is 0 Å². The van der Waals surface area contributed by atoms with E-state index in [2.05, 4.69) is 30.7 Å². The quantitative estimate of drug-likeness (QED) is 0.126. The number of alkyl carbamates (subject to hydrolysis) is 1. The maximum Gasteiger partial charge on any atom is 0.408 e. The second kappa shape index (κ2) is 20.5. The number of rotatable bonds is 19. The van der Waals surface area contributed by atoms with E-state index in [1.807, 2.05) is 6.07 Å². The number of hydrogen-bond acceptors (Lipinski definition) is 10. The average Bonchev–Trinajstić information content (AvgIpc) is 3.05. The Morgan fingerprint density at radius 2 is 1.35 bits per heavy atom. The number of carbonyl (C=O) groups excluding carboxylic acids is 7. The zero-order valence-electron chi connectivity index (χ0n) is 27.1. The first-order valence-electron chi connectivity index (χ1n) is 14.9. The number of benzene rings is 1. The summed E-state index contributed by atoms with van der Waals surface area (Å²) in [6, 6.07) is 3.55. The lowest BCUT2D eigenvalue weighted by Gasteiger charge is -2.29. The van der Waals surface area contributed by atoms with Crippen molar-refractivity contribution in [3.8, 4) is 0 Å². The third kappa shape index (κ3) is 13.6. The number of halogens is 1. The van der Waals surface area contributed by atoms with Crippen molar-refractivity contribution < 1.29 is 52.2 Å². The lowest BCUT2D eigenvalue weighted by Crippen LogP contribution is -2.59. The molecule has 14 nitrogen and oxygen atoms in total. The van der Waals surface area contributed by atoms with E-state index < -0.39 is 90.6 Å². The first-order chi connectivity index (χ1) is 21.8. The molecule has 1 aromatic rings. The molecule has 0 saturated carbocycles. The van der Waals surface area contributed by atoms with Crippen LogP contribution in [0.25, 0.3) is 0 Å². The van der Waals surface area contributed by atoms with E-state index in [0.717, 1.165) is 19.8 Å². The summed E-state index contributed by atoms with van der Waals surface area (Å²) >= 11 is 0. The molecule has 1 aromatic carbocycles. The predicted molar refractivity (Wildman–Crippen MR) is 163 cm³/mol. The molecule has 0 aromatic heterocycles. The van der Waals surface area contributed by atoms with Gasteiger partial charge in [0.05, 0.1) is 20.6 Å². The van der Waals surface area contributed by atoms with E-state index in [1.165, 1.54) is 0 Å². The van der Waals surface area contributed by atoms with Gasteiger partial charge in [-0.1, -0.05) is 64.4 Å². The number of esters is 2. The summed E-state index contributed by atoms with van der Waals surface area (Å²) in [6.07, 6.45) is -1.62. The van der Waals surface area contributed by atoms with Gasteiger partial charge in [0, 0.05) is 6.42 Å². The van der Waals surface area contributed by atoms with Gasteiger partial charge in [-0.25, -0.2) is 9.18 Å². The molecule has 5 unspecified atom stereocenters. The Balaban J connectivity index is 3.15. The van der Waals surface area contributed by atoms with Crippen LogP contribution in [0.5, 0.6) is 0 Å². The van der Waals surface area contributed by atoms with E-state index in [0.29, 0.717) is 6.42 Å². The maximum absolute atomic E-state index is 13.5. The normalized spacial score (nSPS) is 14.0. The standard InChI is InChI=1S/C31H45FN4O10/c1-7-19(4)27(30(42)34-22(23(37)16-32)15-25(39)45-6)35-28(40)21(13-14-24(38)44-5)33-29(41)26(18(2)3)36-31(43)46-17-20-11-9-8-10-12-20/h8-12,18-19,21-22,26-27H,7,13-17H2,1-6H3,(H,33,41)(H,34,42)(H,35,40)(H,36,43). The first-order valence-corrected chi connectivity index (χ1v) is 14.9. The van der Waals surface area contributed by atoms with Crippen LogP contribution in [0.1, 0.15) is 58.9 Å². The van der Waals surface area contributed by atoms with Crippen molar-refractivity contribution in [2.24, 2.45) is 11.8 Å². The van der Waals surface area contributed by atoms with Gasteiger partial charge < -0.3 is 35.5 Å². The Labute approximate surface area is 267 Å². The summed E-state index contributed by atoms with van der Waals surface area (Å²) in [5.74, 6) is -6.05. The summed E-state index contributed by atoms with van der Waals surface area (Å²) in [7, 11) is 2.22. The number of methoxy groups -OCH3 is 2. The fraction of sp³-hybridized carbons (Fsp3) is 0.581. The zero-order valence-corrected chi connectivity index (χ0v) is 27.1. The summed E-state index contributed by atoms with van der Waals surface area (Å²) in [5.41, 5.74) is 0.730. The summed E-state index contributed by atoms with van der Waals surface area (Å²) in [4.78, 5) is 88.4. The molecule has 15 heteroatoms. The van der Waals surface area contributed by atoms with Crippen LogP contribution in [-0.4, -0.2) is 86.6 Å². The van der Waals surface area contributed by atoms with Crippen LogP contribution in [0.15, 0.2) is 30.3 Å². The molecule has 0 aliphatic heterocycles. The van der Waals surface area contributed by atoms with Gasteiger partial charge in [-0.3, -0.25) is 28.8 Å². The van der Waals surface area contributed by atoms with Crippen LogP contribution < -0.4 is 21.3 Å². The van der Waals surface area contributed by atoms with Crippen LogP contribution in [0.2, 0.25) is 0 Å². The molecule has 0 bridgehead atoms. The minimum atomic E-state index is -1.54. The molecule has 46 heavy (non-hydrogen) atoms. The van der Waals surface area contributed by atoms with Gasteiger partial charge in [0.15, 0.2) is 5.78 Å². The summed E-state index contributed by atoms with van der Waals surface area (Å²) in [5, 5.41) is 9.87. The van der Waals surface area contributed by atoms with Gasteiger partial charge in [-0.2, -0.15) is 0 Å². The second-order valence-electron chi connectivity index (χ2n) is 10.9. The Kier molecular flexibility index (Phi) is 17.6. The zero-order chi connectivity index (χ0) is 34.8. The molecular weight excluding hydrogens is 607 g/mol. The lowest BCUT2D eigenvalue weighted by atomic mass is 9.96. The van der Waals surface area contributed by atoms with Gasteiger partial charge in [-0.05, 0) is 23.8 Å². The van der Waals surface area contributed by atoms with Gasteiger partial charge >= 0.3 is 18.0 Å². The van der Waals surface area contributed by atoms with Crippen molar-refractivity contribution in [1.82, 2.24) is 21.3 Å². The number of ether oxygens (including phenoxy) is 3. The molecule has 5 atom stereocenters. The molecule has 0 saturated heterocycles.